The molecule has 10 nitrogen and oxygen atoms in total. The first kappa shape index (κ1) is 22.6. The Hall–Kier alpha value is -3.16. The van der Waals surface area contributed by atoms with Crippen molar-refractivity contribution < 1.29 is 27.2 Å². The van der Waals surface area contributed by atoms with Crippen LogP contribution in [-0.4, -0.2) is 58.1 Å². The van der Waals surface area contributed by atoms with E-state index in [-0.39, 0.29) is 18.8 Å². The van der Waals surface area contributed by atoms with E-state index in [0.717, 1.165) is 5.56 Å². The Morgan fingerprint density at radius 1 is 1.15 bits per heavy atom. The van der Waals surface area contributed by atoms with Crippen molar-refractivity contribution in [3.8, 4) is 11.3 Å². The number of fused-ring (bicyclic) bond motifs is 2. The number of nitrogens with one attached hydrogen (secondary N) is 1. The lowest BCUT2D eigenvalue weighted by atomic mass is 10.0. The van der Waals surface area contributed by atoms with Crippen molar-refractivity contribution in [3.63, 3.8) is 0 Å². The first-order valence-electron chi connectivity index (χ1n) is 10.5. The van der Waals surface area contributed by atoms with E-state index in [1.807, 2.05) is 12.1 Å². The summed E-state index contributed by atoms with van der Waals surface area (Å²) < 4.78 is 42.5. The summed E-state index contributed by atoms with van der Waals surface area (Å²) in [4.78, 5) is 4.34. The number of aromatic nitrogens is 3. The Kier molecular flexibility index (Phi) is 5.70. The van der Waals surface area contributed by atoms with E-state index in [0.29, 0.717) is 27.9 Å². The fraction of sp³-hybridized carbons (Fsp3) is 0.273. The first-order chi connectivity index (χ1) is 16.2. The van der Waals surface area contributed by atoms with Crippen LogP contribution in [0.4, 0.5) is 10.2 Å². The van der Waals surface area contributed by atoms with Gasteiger partial charge >= 0.3 is 10.3 Å². The van der Waals surface area contributed by atoms with Crippen molar-refractivity contribution in [2.75, 3.05) is 11.9 Å². The summed E-state index contributed by atoms with van der Waals surface area (Å²) in [6.45, 7) is -0.343. The summed E-state index contributed by atoms with van der Waals surface area (Å²) in [6.07, 6.45) is -0.562. The number of nitrogens with zero attached hydrogens (tertiary/aromatic N) is 3. The second-order valence-corrected chi connectivity index (χ2v) is 9.50. The molecule has 0 radical (unpaired) electrons. The largest absolute Gasteiger partial charge is 0.390 e. The van der Waals surface area contributed by atoms with Crippen molar-refractivity contribution in [1.29, 1.82) is 0 Å². The minimum Gasteiger partial charge on any atom is -0.390 e. The molecular formula is C22H22FN5O5S. The van der Waals surface area contributed by atoms with Gasteiger partial charge in [-0.05, 0) is 30.0 Å². The Bertz CT molecular complexity index is 1480. The van der Waals surface area contributed by atoms with Crippen LogP contribution in [0.2, 0.25) is 0 Å². The Morgan fingerprint density at radius 3 is 2.68 bits per heavy atom. The van der Waals surface area contributed by atoms with Crippen molar-refractivity contribution in [1.82, 2.24) is 14.6 Å². The Labute approximate surface area is 194 Å². The average molecular weight is 488 g/mol. The third kappa shape index (κ3) is 4.21. The standard InChI is InChI=1S/C22H22FN5O5S/c23-16-6-5-15(13-3-1-2-4-14(13)16)17-10-20-25-8-7-19(28(20)27-17)26-18-9-12(21(29)22(18)30)11-33-34(24,31)32/h1-8,10,12,18,21-22,26,29-30H,9,11H2,(H2,24,31,32)/t12-,18-,21-,22+/m1/s1. The zero-order valence-electron chi connectivity index (χ0n) is 17.7. The molecule has 4 atom stereocenters. The van der Waals surface area contributed by atoms with Gasteiger partial charge in [-0.2, -0.15) is 18.0 Å². The maximum Gasteiger partial charge on any atom is 0.333 e. The maximum atomic E-state index is 14.3. The Morgan fingerprint density at radius 2 is 1.91 bits per heavy atom. The van der Waals surface area contributed by atoms with Crippen LogP contribution in [0.25, 0.3) is 27.7 Å². The van der Waals surface area contributed by atoms with Gasteiger partial charge in [0.05, 0.1) is 24.4 Å². The molecule has 0 bridgehead atoms. The average Bonchev–Trinajstić information content (AvgIpc) is 3.35. The number of halogens is 1. The normalized spacial score (nSPS) is 23.1. The summed E-state index contributed by atoms with van der Waals surface area (Å²) in [5.74, 6) is -0.452. The Balaban J connectivity index is 1.45. The highest BCUT2D eigenvalue weighted by Gasteiger charge is 2.42. The van der Waals surface area contributed by atoms with E-state index in [4.69, 9.17) is 5.14 Å². The van der Waals surface area contributed by atoms with Crippen LogP contribution in [0.3, 0.4) is 0 Å². The molecule has 4 aromatic rings. The zero-order valence-corrected chi connectivity index (χ0v) is 18.6. The van der Waals surface area contributed by atoms with Crippen molar-refractivity contribution in [2.24, 2.45) is 11.1 Å². The van der Waals surface area contributed by atoms with Gasteiger partial charge in [0.15, 0.2) is 5.65 Å². The highest BCUT2D eigenvalue weighted by molar-refractivity contribution is 7.84. The molecule has 5 N–H and O–H groups in total. The smallest absolute Gasteiger partial charge is 0.333 e. The molecule has 2 aromatic heterocycles. The van der Waals surface area contributed by atoms with Crippen LogP contribution in [-0.2, 0) is 14.5 Å². The number of hydrogen-bond donors (Lipinski definition) is 4. The third-order valence-corrected chi connectivity index (χ3v) is 6.55. The van der Waals surface area contributed by atoms with E-state index in [2.05, 4.69) is 19.6 Å². The van der Waals surface area contributed by atoms with Gasteiger partial charge < -0.3 is 15.5 Å². The lowest BCUT2D eigenvalue weighted by Gasteiger charge is -2.19. The van der Waals surface area contributed by atoms with Gasteiger partial charge in [0, 0.05) is 29.1 Å². The lowest BCUT2D eigenvalue weighted by Crippen LogP contribution is -2.36. The molecule has 34 heavy (non-hydrogen) atoms. The van der Waals surface area contributed by atoms with Crippen molar-refractivity contribution in [3.05, 3.63) is 60.5 Å². The second kappa shape index (κ2) is 8.56. The molecule has 12 heteroatoms. The molecule has 2 heterocycles. The number of nitrogens with two attached hydrogens (primary N) is 1. The quantitative estimate of drug-likeness (QED) is 0.319. The minimum absolute atomic E-state index is 0.235. The number of aliphatic hydroxyl groups is 2. The molecule has 1 saturated carbocycles. The topological polar surface area (TPSA) is 152 Å². The van der Waals surface area contributed by atoms with Crippen molar-refractivity contribution in [2.45, 2.75) is 24.7 Å². The van der Waals surface area contributed by atoms with E-state index in [1.165, 1.54) is 6.07 Å². The fourth-order valence-electron chi connectivity index (χ4n) is 4.43. The molecule has 2 aromatic carbocycles. The lowest BCUT2D eigenvalue weighted by molar-refractivity contribution is 0.00777. The maximum absolute atomic E-state index is 14.3. The molecule has 0 aliphatic heterocycles. The fourth-order valence-corrected chi connectivity index (χ4v) is 4.79. The SMILES string of the molecule is NS(=O)(=O)OC[C@H]1C[C@@H](Nc2ccnc3cc(-c4ccc(F)c5ccccc45)nn23)[C@H](O)[C@@H]1O. The highest BCUT2D eigenvalue weighted by atomic mass is 32.2. The molecule has 0 amide bonds. The summed E-state index contributed by atoms with van der Waals surface area (Å²) in [5, 5.41) is 34.7. The molecule has 0 spiro atoms. The molecule has 1 fully saturated rings. The minimum atomic E-state index is -4.16. The van der Waals surface area contributed by atoms with Gasteiger partial charge in [-0.3, -0.25) is 4.18 Å². The van der Waals surface area contributed by atoms with Gasteiger partial charge in [0.1, 0.15) is 17.7 Å². The van der Waals surface area contributed by atoms with Crippen LogP contribution < -0.4 is 10.5 Å². The number of anilines is 1. The third-order valence-electron chi connectivity index (χ3n) is 6.09. The van der Waals surface area contributed by atoms with Gasteiger partial charge in [-0.1, -0.05) is 24.3 Å². The number of aliphatic hydroxyl groups excluding tert-OH is 2. The van der Waals surface area contributed by atoms with E-state index < -0.39 is 34.5 Å². The van der Waals surface area contributed by atoms with Gasteiger partial charge in [0.25, 0.3) is 0 Å². The number of benzene rings is 2. The molecule has 1 aliphatic carbocycles. The summed E-state index contributed by atoms with van der Waals surface area (Å²) in [7, 11) is -4.16. The van der Waals surface area contributed by atoms with Gasteiger partial charge in [-0.15, -0.1) is 0 Å². The predicted molar refractivity (Wildman–Crippen MR) is 122 cm³/mol. The summed E-state index contributed by atoms with van der Waals surface area (Å²) >= 11 is 0. The van der Waals surface area contributed by atoms with Crippen LogP contribution >= 0.6 is 0 Å². The molecular weight excluding hydrogens is 465 g/mol. The van der Waals surface area contributed by atoms with Crippen LogP contribution in [0, 0.1) is 11.7 Å². The summed E-state index contributed by atoms with van der Waals surface area (Å²) in [5.41, 5.74) is 1.85. The molecule has 0 unspecified atom stereocenters. The molecule has 5 rings (SSSR count). The molecule has 0 saturated heterocycles. The number of hydrogen-bond acceptors (Lipinski definition) is 8. The van der Waals surface area contributed by atoms with Crippen molar-refractivity contribution >= 4 is 32.5 Å². The van der Waals surface area contributed by atoms with E-state index in [1.54, 1.807) is 41.0 Å². The monoisotopic (exact) mass is 487 g/mol. The summed E-state index contributed by atoms with van der Waals surface area (Å²) in [6, 6.07) is 13.0. The van der Waals surface area contributed by atoms with Crippen LogP contribution in [0.15, 0.2) is 54.7 Å². The molecule has 178 valence electrons. The predicted octanol–water partition coefficient (Wildman–Crippen LogP) is 1.43. The van der Waals surface area contributed by atoms with E-state index in [9.17, 15) is 23.0 Å². The van der Waals surface area contributed by atoms with Gasteiger partial charge in [-0.25, -0.2) is 14.5 Å². The zero-order chi connectivity index (χ0) is 24.0. The second-order valence-electron chi connectivity index (χ2n) is 8.28. The highest BCUT2D eigenvalue weighted by Crippen LogP contribution is 2.32. The van der Waals surface area contributed by atoms with Crippen LogP contribution in [0.5, 0.6) is 0 Å². The first-order valence-corrected chi connectivity index (χ1v) is 12.0. The van der Waals surface area contributed by atoms with Gasteiger partial charge in [0.2, 0.25) is 0 Å². The van der Waals surface area contributed by atoms with E-state index >= 15 is 0 Å². The number of rotatable bonds is 6. The molecule has 1 aliphatic rings. The van der Waals surface area contributed by atoms with Crippen LogP contribution in [0.1, 0.15) is 6.42 Å².